The topological polar surface area (TPSA) is 64.9 Å². The van der Waals surface area contributed by atoms with E-state index in [0.717, 1.165) is 18.7 Å². The van der Waals surface area contributed by atoms with Crippen molar-refractivity contribution in [3.05, 3.63) is 11.7 Å². The molecule has 1 aliphatic carbocycles. The second-order valence-corrected chi connectivity index (χ2v) is 5.47. The van der Waals surface area contributed by atoms with Gasteiger partial charge >= 0.3 is 0 Å². The quantitative estimate of drug-likeness (QED) is 0.828. The second-order valence-electron chi connectivity index (χ2n) is 5.47. The van der Waals surface area contributed by atoms with E-state index in [1.54, 1.807) is 0 Å². The summed E-state index contributed by atoms with van der Waals surface area (Å²) in [7, 11) is 0. The fraction of sp³-hybridized carbons (Fsp3) is 0.818. The summed E-state index contributed by atoms with van der Waals surface area (Å²) in [5, 5.41) is 4.02. The van der Waals surface area contributed by atoms with E-state index in [4.69, 9.17) is 10.3 Å². The van der Waals surface area contributed by atoms with E-state index < -0.39 is 5.54 Å². The number of rotatable bonds is 3. The maximum Gasteiger partial charge on any atom is 0.246 e. The Balaban J connectivity index is 2.19. The zero-order chi connectivity index (χ0) is 11.3. The van der Waals surface area contributed by atoms with Crippen molar-refractivity contribution in [2.75, 3.05) is 0 Å². The molecule has 0 radical (unpaired) electrons. The summed E-state index contributed by atoms with van der Waals surface area (Å²) >= 11 is 0. The SMILES string of the molecule is CCC(C)(N)c1nc(C2CC2(C)C)no1. The van der Waals surface area contributed by atoms with E-state index in [-0.39, 0.29) is 0 Å². The molecule has 1 aromatic rings. The van der Waals surface area contributed by atoms with E-state index in [2.05, 4.69) is 24.0 Å². The second kappa shape index (κ2) is 3.04. The molecule has 2 unspecified atom stereocenters. The number of hydrogen-bond donors (Lipinski definition) is 1. The van der Waals surface area contributed by atoms with Crippen LogP contribution in [0.3, 0.4) is 0 Å². The third-order valence-corrected chi connectivity index (χ3v) is 3.49. The number of aromatic nitrogens is 2. The lowest BCUT2D eigenvalue weighted by molar-refractivity contribution is 0.289. The monoisotopic (exact) mass is 209 g/mol. The van der Waals surface area contributed by atoms with Gasteiger partial charge in [0.1, 0.15) is 0 Å². The van der Waals surface area contributed by atoms with Gasteiger partial charge in [-0.05, 0) is 25.2 Å². The van der Waals surface area contributed by atoms with Gasteiger partial charge in [-0.2, -0.15) is 4.98 Å². The Morgan fingerprint density at radius 1 is 1.60 bits per heavy atom. The van der Waals surface area contributed by atoms with Crippen molar-refractivity contribution in [2.24, 2.45) is 11.1 Å². The Kier molecular flexibility index (Phi) is 2.15. The first-order chi connectivity index (χ1) is 6.87. The van der Waals surface area contributed by atoms with Gasteiger partial charge in [0, 0.05) is 5.92 Å². The molecule has 1 fully saturated rings. The van der Waals surface area contributed by atoms with Gasteiger partial charge in [-0.15, -0.1) is 0 Å². The Hall–Kier alpha value is -0.900. The van der Waals surface area contributed by atoms with Crippen molar-refractivity contribution in [3.8, 4) is 0 Å². The van der Waals surface area contributed by atoms with Crippen LogP contribution in [-0.4, -0.2) is 10.1 Å². The third-order valence-electron chi connectivity index (χ3n) is 3.49. The minimum atomic E-state index is -0.496. The summed E-state index contributed by atoms with van der Waals surface area (Å²) in [6, 6.07) is 0. The van der Waals surface area contributed by atoms with Gasteiger partial charge in [0.05, 0.1) is 5.54 Å². The number of nitrogens with zero attached hydrogens (tertiary/aromatic N) is 2. The maximum atomic E-state index is 6.04. The first-order valence-corrected chi connectivity index (χ1v) is 5.50. The summed E-state index contributed by atoms with van der Waals surface area (Å²) in [5.41, 5.74) is 5.88. The molecule has 1 aromatic heterocycles. The van der Waals surface area contributed by atoms with Gasteiger partial charge < -0.3 is 10.3 Å². The maximum absolute atomic E-state index is 6.04. The first kappa shape index (κ1) is 10.6. The Morgan fingerprint density at radius 3 is 2.67 bits per heavy atom. The zero-order valence-electron chi connectivity index (χ0n) is 9.87. The minimum Gasteiger partial charge on any atom is -0.337 e. The highest BCUT2D eigenvalue weighted by Crippen LogP contribution is 2.57. The molecule has 0 bridgehead atoms. The van der Waals surface area contributed by atoms with Gasteiger partial charge in [-0.3, -0.25) is 0 Å². The van der Waals surface area contributed by atoms with Crippen LogP contribution in [0.4, 0.5) is 0 Å². The van der Waals surface area contributed by atoms with Gasteiger partial charge in [0.25, 0.3) is 0 Å². The standard InChI is InChI=1S/C11H19N3O/c1-5-11(4,12)9-13-8(14-15-9)7-6-10(7,2)3/h7H,5-6,12H2,1-4H3. The van der Waals surface area contributed by atoms with Gasteiger partial charge in [0.15, 0.2) is 5.82 Å². The lowest BCUT2D eigenvalue weighted by Crippen LogP contribution is -2.32. The van der Waals surface area contributed by atoms with Crippen LogP contribution >= 0.6 is 0 Å². The lowest BCUT2D eigenvalue weighted by Gasteiger charge is -2.16. The first-order valence-electron chi connectivity index (χ1n) is 5.50. The molecule has 2 rings (SSSR count). The van der Waals surface area contributed by atoms with Crippen LogP contribution in [0.1, 0.15) is 58.2 Å². The largest absolute Gasteiger partial charge is 0.337 e. The molecule has 0 saturated heterocycles. The summed E-state index contributed by atoms with van der Waals surface area (Å²) < 4.78 is 5.23. The molecule has 0 amide bonds. The van der Waals surface area contributed by atoms with Gasteiger partial charge in [-0.25, -0.2) is 0 Å². The number of nitrogens with two attached hydrogens (primary N) is 1. The molecule has 2 atom stereocenters. The van der Waals surface area contributed by atoms with Crippen LogP contribution in [-0.2, 0) is 5.54 Å². The molecule has 84 valence electrons. The predicted molar refractivity (Wildman–Crippen MR) is 57.3 cm³/mol. The predicted octanol–water partition coefficient (Wildman–Crippen LogP) is 2.17. The van der Waals surface area contributed by atoms with Gasteiger partial charge in [0.2, 0.25) is 5.89 Å². The molecular weight excluding hydrogens is 190 g/mol. The Bertz CT molecular complexity index is 368. The molecule has 0 aromatic carbocycles. The van der Waals surface area contributed by atoms with E-state index in [1.807, 2.05) is 13.8 Å². The van der Waals surface area contributed by atoms with Crippen LogP contribution in [0.15, 0.2) is 4.52 Å². The van der Waals surface area contributed by atoms with Crippen LogP contribution in [0.2, 0.25) is 0 Å². The summed E-state index contributed by atoms with van der Waals surface area (Å²) in [6.07, 6.45) is 1.93. The minimum absolute atomic E-state index is 0.332. The smallest absolute Gasteiger partial charge is 0.246 e. The average molecular weight is 209 g/mol. The fourth-order valence-electron chi connectivity index (χ4n) is 1.67. The Morgan fingerprint density at radius 2 is 2.20 bits per heavy atom. The van der Waals surface area contributed by atoms with Crippen molar-refractivity contribution >= 4 is 0 Å². The van der Waals surface area contributed by atoms with Crippen LogP contribution in [0.5, 0.6) is 0 Å². The molecule has 1 aliphatic rings. The van der Waals surface area contributed by atoms with Crippen LogP contribution in [0, 0.1) is 5.41 Å². The molecule has 0 spiro atoms. The van der Waals surface area contributed by atoms with Crippen LogP contribution in [0.25, 0.3) is 0 Å². The van der Waals surface area contributed by atoms with E-state index in [9.17, 15) is 0 Å². The molecular formula is C11H19N3O. The van der Waals surface area contributed by atoms with Crippen molar-refractivity contribution in [2.45, 2.75) is 52.0 Å². The highest BCUT2D eigenvalue weighted by atomic mass is 16.5. The molecule has 1 heterocycles. The lowest BCUT2D eigenvalue weighted by atomic mass is 10.0. The number of hydrogen-bond acceptors (Lipinski definition) is 4. The summed E-state index contributed by atoms with van der Waals surface area (Å²) in [5.74, 6) is 1.82. The van der Waals surface area contributed by atoms with E-state index >= 15 is 0 Å². The molecule has 1 saturated carbocycles. The fourth-order valence-corrected chi connectivity index (χ4v) is 1.67. The van der Waals surface area contributed by atoms with Gasteiger partial charge in [-0.1, -0.05) is 25.9 Å². The molecule has 4 nitrogen and oxygen atoms in total. The van der Waals surface area contributed by atoms with Crippen molar-refractivity contribution in [3.63, 3.8) is 0 Å². The third kappa shape index (κ3) is 1.78. The normalized spacial score (nSPS) is 27.4. The molecule has 2 N–H and O–H groups in total. The van der Waals surface area contributed by atoms with Crippen molar-refractivity contribution < 1.29 is 4.52 Å². The highest BCUT2D eigenvalue weighted by molar-refractivity contribution is 5.15. The van der Waals surface area contributed by atoms with Crippen LogP contribution < -0.4 is 5.73 Å². The van der Waals surface area contributed by atoms with Crippen molar-refractivity contribution in [1.82, 2.24) is 10.1 Å². The average Bonchev–Trinajstić information content (AvgIpc) is 2.65. The molecule has 4 heteroatoms. The summed E-state index contributed by atoms with van der Waals surface area (Å²) in [4.78, 5) is 4.41. The van der Waals surface area contributed by atoms with Crippen molar-refractivity contribution in [1.29, 1.82) is 0 Å². The highest BCUT2D eigenvalue weighted by Gasteiger charge is 2.49. The van der Waals surface area contributed by atoms with E-state index in [0.29, 0.717) is 17.2 Å². The molecule has 0 aliphatic heterocycles. The zero-order valence-corrected chi connectivity index (χ0v) is 9.87. The van der Waals surface area contributed by atoms with E-state index in [1.165, 1.54) is 0 Å². The summed E-state index contributed by atoms with van der Waals surface area (Å²) in [6.45, 7) is 8.37. The Labute approximate surface area is 90.2 Å². The molecule has 15 heavy (non-hydrogen) atoms.